The van der Waals surface area contributed by atoms with Gasteiger partial charge in [0.1, 0.15) is 0 Å². The molecule has 3 nitrogen and oxygen atoms in total. The molecule has 2 rings (SSSR count). The molecule has 0 spiro atoms. The molecule has 1 saturated heterocycles. The van der Waals surface area contributed by atoms with Crippen LogP contribution in [0, 0.1) is 17.3 Å². The summed E-state index contributed by atoms with van der Waals surface area (Å²) in [5, 5.41) is 3.80. The Kier molecular flexibility index (Phi) is 4.54. The molecule has 1 saturated carbocycles. The molecule has 2 aliphatic rings. The summed E-state index contributed by atoms with van der Waals surface area (Å²) in [4.78, 5) is 13.3. The van der Waals surface area contributed by atoms with E-state index in [1.807, 2.05) is 4.90 Å². The fourth-order valence-electron chi connectivity index (χ4n) is 3.94. The van der Waals surface area contributed by atoms with E-state index in [0.29, 0.717) is 11.5 Å². The number of nitrogens with zero attached hydrogens (tertiary/aromatic N) is 1. The Morgan fingerprint density at radius 1 is 1.26 bits per heavy atom. The summed E-state index contributed by atoms with van der Waals surface area (Å²) in [6, 6.07) is 0.695. The Labute approximate surface area is 118 Å². The number of amides is 1. The van der Waals surface area contributed by atoms with Crippen molar-refractivity contribution in [3.8, 4) is 0 Å². The Morgan fingerprint density at radius 3 is 2.37 bits per heavy atom. The summed E-state index contributed by atoms with van der Waals surface area (Å²) in [5.74, 6) is 1.79. The molecular weight excluding hydrogens is 236 g/mol. The first kappa shape index (κ1) is 14.8. The third-order valence-electron chi connectivity index (χ3n) is 5.06. The maximum Gasteiger partial charge on any atom is 0.219 e. The molecule has 2 atom stereocenters. The fraction of sp³-hybridized carbons (Fsp3) is 0.938. The second-order valence-corrected chi connectivity index (χ2v) is 7.51. The van der Waals surface area contributed by atoms with Crippen LogP contribution in [0.15, 0.2) is 0 Å². The molecule has 0 aromatic rings. The molecule has 19 heavy (non-hydrogen) atoms. The summed E-state index contributed by atoms with van der Waals surface area (Å²) >= 11 is 0. The lowest BCUT2D eigenvalue weighted by molar-refractivity contribution is -0.130. The SMILES string of the molecule is CC(=O)N1CCC(CNC2CC(C)(C)CC2C)CC1. The van der Waals surface area contributed by atoms with Gasteiger partial charge in [0.2, 0.25) is 5.91 Å². The molecule has 0 aromatic carbocycles. The highest BCUT2D eigenvalue weighted by Crippen LogP contribution is 2.40. The molecular formula is C16H30N2O. The quantitative estimate of drug-likeness (QED) is 0.852. The number of nitrogens with one attached hydrogen (secondary N) is 1. The Balaban J connectivity index is 1.71. The summed E-state index contributed by atoms with van der Waals surface area (Å²) in [6.45, 7) is 11.9. The summed E-state index contributed by atoms with van der Waals surface area (Å²) < 4.78 is 0. The zero-order valence-electron chi connectivity index (χ0n) is 13.0. The van der Waals surface area contributed by atoms with Crippen LogP contribution in [-0.2, 0) is 4.79 Å². The first-order valence-corrected chi connectivity index (χ1v) is 7.86. The zero-order valence-corrected chi connectivity index (χ0v) is 13.0. The summed E-state index contributed by atoms with van der Waals surface area (Å²) in [6.07, 6.45) is 4.97. The van der Waals surface area contributed by atoms with Crippen LogP contribution in [0.1, 0.15) is 53.4 Å². The van der Waals surface area contributed by atoms with Crippen molar-refractivity contribution >= 4 is 5.91 Å². The highest BCUT2D eigenvalue weighted by atomic mass is 16.2. The lowest BCUT2D eigenvalue weighted by atomic mass is 9.91. The van der Waals surface area contributed by atoms with Crippen molar-refractivity contribution in [1.82, 2.24) is 10.2 Å². The van der Waals surface area contributed by atoms with Gasteiger partial charge in [0.25, 0.3) is 0 Å². The smallest absolute Gasteiger partial charge is 0.219 e. The molecule has 1 aliphatic heterocycles. The van der Waals surface area contributed by atoms with Crippen molar-refractivity contribution in [2.45, 2.75) is 59.4 Å². The second kappa shape index (κ2) is 5.82. The van der Waals surface area contributed by atoms with Crippen LogP contribution in [0.4, 0.5) is 0 Å². The Hall–Kier alpha value is -0.570. The topological polar surface area (TPSA) is 32.3 Å². The van der Waals surface area contributed by atoms with Gasteiger partial charge in [-0.25, -0.2) is 0 Å². The van der Waals surface area contributed by atoms with Crippen LogP contribution >= 0.6 is 0 Å². The molecule has 110 valence electrons. The van der Waals surface area contributed by atoms with Crippen LogP contribution in [0.25, 0.3) is 0 Å². The van der Waals surface area contributed by atoms with Gasteiger partial charge in [-0.2, -0.15) is 0 Å². The highest BCUT2D eigenvalue weighted by molar-refractivity contribution is 5.73. The summed E-state index contributed by atoms with van der Waals surface area (Å²) in [5.41, 5.74) is 0.509. The predicted octanol–water partition coefficient (Wildman–Crippen LogP) is 2.66. The maximum absolute atomic E-state index is 11.3. The molecule has 0 radical (unpaired) electrons. The van der Waals surface area contributed by atoms with Gasteiger partial charge in [0.05, 0.1) is 0 Å². The molecule has 1 aliphatic carbocycles. The predicted molar refractivity (Wildman–Crippen MR) is 78.9 cm³/mol. The average molecular weight is 266 g/mol. The number of likely N-dealkylation sites (tertiary alicyclic amines) is 1. The van der Waals surface area contributed by atoms with Crippen LogP contribution in [0.2, 0.25) is 0 Å². The van der Waals surface area contributed by atoms with Crippen LogP contribution < -0.4 is 5.32 Å². The molecule has 3 heteroatoms. The Bertz CT molecular complexity index is 319. The van der Waals surface area contributed by atoms with Crippen molar-refractivity contribution in [1.29, 1.82) is 0 Å². The van der Waals surface area contributed by atoms with Crippen molar-refractivity contribution in [2.75, 3.05) is 19.6 Å². The molecule has 0 bridgehead atoms. The van der Waals surface area contributed by atoms with E-state index in [1.54, 1.807) is 6.92 Å². The molecule has 2 fully saturated rings. The molecule has 1 amide bonds. The van der Waals surface area contributed by atoms with Crippen LogP contribution in [0.3, 0.4) is 0 Å². The number of hydrogen-bond donors (Lipinski definition) is 1. The van der Waals surface area contributed by atoms with E-state index < -0.39 is 0 Å². The number of carbonyl (C=O) groups is 1. The molecule has 0 aromatic heterocycles. The number of rotatable bonds is 3. The van der Waals surface area contributed by atoms with Crippen LogP contribution in [-0.4, -0.2) is 36.5 Å². The largest absolute Gasteiger partial charge is 0.343 e. The van der Waals surface area contributed by atoms with Crippen molar-refractivity contribution < 1.29 is 4.79 Å². The molecule has 2 unspecified atom stereocenters. The average Bonchev–Trinajstić information content (AvgIpc) is 2.60. The lowest BCUT2D eigenvalue weighted by Crippen LogP contribution is -2.42. The number of hydrogen-bond acceptors (Lipinski definition) is 2. The van der Waals surface area contributed by atoms with Crippen molar-refractivity contribution in [2.24, 2.45) is 17.3 Å². The van der Waals surface area contributed by atoms with E-state index in [0.717, 1.165) is 44.3 Å². The lowest BCUT2D eigenvalue weighted by Gasteiger charge is -2.32. The van der Waals surface area contributed by atoms with Gasteiger partial charge in [-0.15, -0.1) is 0 Å². The minimum Gasteiger partial charge on any atom is -0.343 e. The van der Waals surface area contributed by atoms with E-state index in [1.165, 1.54) is 12.8 Å². The van der Waals surface area contributed by atoms with Crippen molar-refractivity contribution in [3.63, 3.8) is 0 Å². The minimum absolute atomic E-state index is 0.234. The van der Waals surface area contributed by atoms with Gasteiger partial charge in [0, 0.05) is 26.1 Å². The highest BCUT2D eigenvalue weighted by Gasteiger charge is 2.36. The normalized spacial score (nSPS) is 31.7. The molecule has 1 heterocycles. The standard InChI is InChI=1S/C16H30N2O/c1-12-9-16(3,4)10-15(12)17-11-14-5-7-18(8-6-14)13(2)19/h12,14-15,17H,5-11H2,1-4H3. The zero-order chi connectivity index (χ0) is 14.0. The monoisotopic (exact) mass is 266 g/mol. The number of piperidine rings is 1. The van der Waals surface area contributed by atoms with Gasteiger partial charge in [-0.1, -0.05) is 20.8 Å². The maximum atomic E-state index is 11.3. The van der Waals surface area contributed by atoms with E-state index >= 15 is 0 Å². The third kappa shape index (κ3) is 3.95. The van der Waals surface area contributed by atoms with Crippen molar-refractivity contribution in [3.05, 3.63) is 0 Å². The van der Waals surface area contributed by atoms with Gasteiger partial charge in [-0.05, 0) is 49.5 Å². The fourth-order valence-corrected chi connectivity index (χ4v) is 3.94. The van der Waals surface area contributed by atoms with Gasteiger partial charge >= 0.3 is 0 Å². The third-order valence-corrected chi connectivity index (χ3v) is 5.06. The van der Waals surface area contributed by atoms with Gasteiger partial charge in [-0.3, -0.25) is 4.79 Å². The van der Waals surface area contributed by atoms with E-state index in [-0.39, 0.29) is 5.91 Å². The van der Waals surface area contributed by atoms with Gasteiger partial charge < -0.3 is 10.2 Å². The Morgan fingerprint density at radius 2 is 1.89 bits per heavy atom. The van der Waals surface area contributed by atoms with Gasteiger partial charge in [0.15, 0.2) is 0 Å². The van der Waals surface area contributed by atoms with E-state index in [9.17, 15) is 4.79 Å². The van der Waals surface area contributed by atoms with E-state index in [2.05, 4.69) is 26.1 Å². The van der Waals surface area contributed by atoms with Crippen LogP contribution in [0.5, 0.6) is 0 Å². The number of carbonyl (C=O) groups excluding carboxylic acids is 1. The first-order chi connectivity index (χ1) is 8.87. The molecule has 1 N–H and O–H groups in total. The minimum atomic E-state index is 0.234. The second-order valence-electron chi connectivity index (χ2n) is 7.51. The van der Waals surface area contributed by atoms with E-state index in [4.69, 9.17) is 0 Å². The summed E-state index contributed by atoms with van der Waals surface area (Å²) in [7, 11) is 0. The first-order valence-electron chi connectivity index (χ1n) is 7.86.